The number of hydrogen-bond donors (Lipinski definition) is 1. The van der Waals surface area contributed by atoms with Crippen molar-refractivity contribution in [2.24, 2.45) is 5.41 Å². The fraction of sp³-hybridized carbons (Fsp3) is 0.333. The highest BCUT2D eigenvalue weighted by molar-refractivity contribution is 6.30. The summed E-state index contributed by atoms with van der Waals surface area (Å²) in [6.07, 6.45) is 0.535. The number of nitrogens with zero attached hydrogens (tertiary/aromatic N) is 1. The number of carbonyl (C=O) groups excluding carboxylic acids is 2. The number of fused-ring (bicyclic) bond motifs is 1. The average molecular weight is 521 g/mol. The molecule has 1 heterocycles. The number of amides is 2. The maximum absolute atomic E-state index is 13.3. The molecule has 0 fully saturated rings. The molecule has 37 heavy (non-hydrogen) atoms. The van der Waals surface area contributed by atoms with Crippen molar-refractivity contribution in [1.29, 1.82) is 0 Å². The molecular weight excluding hydrogens is 488 g/mol. The smallest absolute Gasteiger partial charge is 0.268 e. The van der Waals surface area contributed by atoms with Crippen LogP contribution in [-0.4, -0.2) is 31.1 Å². The molecule has 3 aromatic carbocycles. The first-order valence-electron chi connectivity index (χ1n) is 12.5. The van der Waals surface area contributed by atoms with Gasteiger partial charge in [0.15, 0.2) is 6.10 Å². The summed E-state index contributed by atoms with van der Waals surface area (Å²) < 4.78 is 12.0. The van der Waals surface area contributed by atoms with Crippen LogP contribution < -0.4 is 19.7 Å². The summed E-state index contributed by atoms with van der Waals surface area (Å²) in [6, 6.07) is 22.9. The van der Waals surface area contributed by atoms with Crippen LogP contribution in [0.5, 0.6) is 11.5 Å². The second-order valence-corrected chi connectivity index (χ2v) is 10.6. The molecule has 0 bridgehead atoms. The van der Waals surface area contributed by atoms with Crippen molar-refractivity contribution in [2.75, 3.05) is 18.1 Å². The number of carbonyl (C=O) groups is 2. The van der Waals surface area contributed by atoms with Crippen LogP contribution in [0.2, 0.25) is 5.02 Å². The first kappa shape index (κ1) is 26.6. The minimum atomic E-state index is -0.632. The maximum Gasteiger partial charge on any atom is 0.268 e. The standard InChI is InChI=1S/C30H33ClN2O4/c1-30(2,3)29(35)32-18-16-21-10-14-24(15-11-21)36-19-17-27-28(34)33(20-22-8-12-23(31)13-9-22)25-6-4-5-7-26(25)37-27/h4-15,27H,16-20H2,1-3H3,(H,32,35). The second kappa shape index (κ2) is 11.7. The highest BCUT2D eigenvalue weighted by atomic mass is 35.5. The minimum absolute atomic E-state index is 0.0429. The summed E-state index contributed by atoms with van der Waals surface area (Å²) in [5.41, 5.74) is 2.47. The van der Waals surface area contributed by atoms with Gasteiger partial charge in [0.1, 0.15) is 11.5 Å². The van der Waals surface area contributed by atoms with Crippen LogP contribution in [0.1, 0.15) is 38.3 Å². The predicted molar refractivity (Wildman–Crippen MR) is 146 cm³/mol. The average Bonchev–Trinajstić information content (AvgIpc) is 2.88. The molecule has 4 rings (SSSR count). The minimum Gasteiger partial charge on any atom is -0.493 e. The second-order valence-electron chi connectivity index (χ2n) is 10.2. The fourth-order valence-electron chi connectivity index (χ4n) is 4.02. The van der Waals surface area contributed by atoms with Gasteiger partial charge in [0, 0.05) is 23.4 Å². The van der Waals surface area contributed by atoms with Crippen molar-refractivity contribution < 1.29 is 19.1 Å². The fourth-order valence-corrected chi connectivity index (χ4v) is 4.14. The quantitative estimate of drug-likeness (QED) is 0.386. The van der Waals surface area contributed by atoms with E-state index < -0.39 is 11.5 Å². The van der Waals surface area contributed by atoms with E-state index in [0.29, 0.717) is 36.9 Å². The van der Waals surface area contributed by atoms with Crippen molar-refractivity contribution in [2.45, 2.75) is 46.3 Å². The Balaban J connectivity index is 1.31. The molecule has 1 aliphatic rings. The van der Waals surface area contributed by atoms with Gasteiger partial charge in [-0.15, -0.1) is 0 Å². The Labute approximate surface area is 223 Å². The lowest BCUT2D eigenvalue weighted by atomic mass is 9.95. The highest BCUT2D eigenvalue weighted by Crippen LogP contribution is 2.35. The number of benzene rings is 3. The zero-order valence-electron chi connectivity index (χ0n) is 21.5. The SMILES string of the molecule is CC(C)(C)C(=O)NCCc1ccc(OCCC2Oc3ccccc3N(Cc3ccc(Cl)cc3)C2=O)cc1. The van der Waals surface area contributed by atoms with E-state index in [2.05, 4.69) is 5.32 Å². The largest absolute Gasteiger partial charge is 0.493 e. The van der Waals surface area contributed by atoms with E-state index in [4.69, 9.17) is 21.1 Å². The molecule has 0 radical (unpaired) electrons. The molecule has 6 nitrogen and oxygen atoms in total. The van der Waals surface area contributed by atoms with Crippen LogP contribution >= 0.6 is 11.6 Å². The van der Waals surface area contributed by atoms with E-state index in [-0.39, 0.29) is 11.8 Å². The molecule has 1 unspecified atom stereocenters. The molecule has 0 spiro atoms. The molecule has 0 aliphatic carbocycles. The van der Waals surface area contributed by atoms with Crippen molar-refractivity contribution in [3.63, 3.8) is 0 Å². The Morgan fingerprint density at radius 3 is 2.38 bits per heavy atom. The van der Waals surface area contributed by atoms with E-state index in [1.807, 2.05) is 93.6 Å². The Kier molecular flexibility index (Phi) is 8.39. The normalized spacial score (nSPS) is 15.1. The Morgan fingerprint density at radius 1 is 1.00 bits per heavy atom. The molecule has 194 valence electrons. The monoisotopic (exact) mass is 520 g/mol. The lowest BCUT2D eigenvalue weighted by Gasteiger charge is -2.34. The predicted octanol–water partition coefficient (Wildman–Crippen LogP) is 5.81. The summed E-state index contributed by atoms with van der Waals surface area (Å²) in [6.45, 7) is 7.06. The van der Waals surface area contributed by atoms with Gasteiger partial charge >= 0.3 is 0 Å². The first-order valence-corrected chi connectivity index (χ1v) is 12.9. The molecule has 2 amide bonds. The van der Waals surface area contributed by atoms with E-state index >= 15 is 0 Å². The highest BCUT2D eigenvalue weighted by Gasteiger charge is 2.34. The number of ether oxygens (including phenoxy) is 2. The van der Waals surface area contributed by atoms with Gasteiger partial charge in [-0.25, -0.2) is 0 Å². The van der Waals surface area contributed by atoms with Crippen molar-refractivity contribution in [3.8, 4) is 11.5 Å². The molecule has 3 aromatic rings. The first-order chi connectivity index (χ1) is 17.7. The van der Waals surface area contributed by atoms with Gasteiger partial charge in [0.05, 0.1) is 18.8 Å². The van der Waals surface area contributed by atoms with Gasteiger partial charge in [0.25, 0.3) is 5.91 Å². The summed E-state index contributed by atoms with van der Waals surface area (Å²) >= 11 is 6.02. The summed E-state index contributed by atoms with van der Waals surface area (Å²) in [5, 5.41) is 3.62. The van der Waals surface area contributed by atoms with Crippen LogP contribution in [0.15, 0.2) is 72.8 Å². The Bertz CT molecular complexity index is 1220. The number of halogens is 1. The summed E-state index contributed by atoms with van der Waals surface area (Å²) in [5.74, 6) is 1.36. The van der Waals surface area contributed by atoms with E-state index in [1.165, 1.54) is 0 Å². The molecule has 0 aromatic heterocycles. The third-order valence-corrected chi connectivity index (χ3v) is 6.43. The molecular formula is C30H33ClN2O4. The number of para-hydroxylation sites is 2. The van der Waals surface area contributed by atoms with Gasteiger partial charge in [-0.3, -0.25) is 9.59 Å². The number of hydrogen-bond acceptors (Lipinski definition) is 4. The lowest BCUT2D eigenvalue weighted by molar-refractivity contribution is -0.128. The zero-order valence-corrected chi connectivity index (χ0v) is 22.3. The van der Waals surface area contributed by atoms with Gasteiger partial charge in [-0.05, 0) is 53.9 Å². The van der Waals surface area contributed by atoms with Crippen LogP contribution in [0.4, 0.5) is 5.69 Å². The van der Waals surface area contributed by atoms with E-state index in [0.717, 1.165) is 29.0 Å². The van der Waals surface area contributed by atoms with Gasteiger partial charge in [0.2, 0.25) is 5.91 Å². The van der Waals surface area contributed by atoms with Crippen molar-refractivity contribution in [1.82, 2.24) is 5.32 Å². The molecule has 0 saturated carbocycles. The molecule has 7 heteroatoms. The van der Waals surface area contributed by atoms with Gasteiger partial charge in [-0.2, -0.15) is 0 Å². The van der Waals surface area contributed by atoms with Gasteiger partial charge < -0.3 is 19.7 Å². The summed E-state index contributed by atoms with van der Waals surface area (Å²) in [4.78, 5) is 27.1. The third kappa shape index (κ3) is 7.04. The van der Waals surface area contributed by atoms with Crippen molar-refractivity contribution >= 4 is 29.1 Å². The van der Waals surface area contributed by atoms with Crippen LogP contribution in [0, 0.1) is 5.41 Å². The Morgan fingerprint density at radius 2 is 1.68 bits per heavy atom. The molecule has 1 atom stereocenters. The van der Waals surface area contributed by atoms with Gasteiger partial charge in [-0.1, -0.05) is 68.8 Å². The number of nitrogens with one attached hydrogen (secondary N) is 1. The molecule has 0 saturated heterocycles. The van der Waals surface area contributed by atoms with Crippen molar-refractivity contribution in [3.05, 3.63) is 88.9 Å². The maximum atomic E-state index is 13.3. The lowest BCUT2D eigenvalue weighted by Crippen LogP contribution is -2.46. The van der Waals surface area contributed by atoms with Crippen LogP contribution in [0.3, 0.4) is 0 Å². The topological polar surface area (TPSA) is 67.9 Å². The van der Waals surface area contributed by atoms with E-state index in [1.54, 1.807) is 4.90 Å². The third-order valence-electron chi connectivity index (χ3n) is 6.17. The zero-order chi connectivity index (χ0) is 26.4. The Hall–Kier alpha value is -3.51. The van der Waals surface area contributed by atoms with Crippen LogP contribution in [0.25, 0.3) is 0 Å². The van der Waals surface area contributed by atoms with Crippen LogP contribution in [-0.2, 0) is 22.6 Å². The molecule has 1 N–H and O–H groups in total. The molecule has 1 aliphatic heterocycles. The number of anilines is 1. The summed E-state index contributed by atoms with van der Waals surface area (Å²) in [7, 11) is 0. The van der Waals surface area contributed by atoms with E-state index in [9.17, 15) is 9.59 Å². The number of rotatable bonds is 9.